The summed E-state index contributed by atoms with van der Waals surface area (Å²) in [6, 6.07) is 0. The van der Waals surface area contributed by atoms with E-state index in [0.29, 0.717) is 19.3 Å². The predicted octanol–water partition coefficient (Wildman–Crippen LogP) is 15.5. The summed E-state index contributed by atoms with van der Waals surface area (Å²) in [6.45, 7) is 6.41. The molecule has 0 N–H and O–H groups in total. The Bertz CT molecular complexity index is 1110. The summed E-state index contributed by atoms with van der Waals surface area (Å²) >= 11 is 0. The topological polar surface area (TPSA) is 78.9 Å². The van der Waals surface area contributed by atoms with E-state index in [4.69, 9.17) is 14.2 Å². The Morgan fingerprint density at radius 3 is 1.16 bits per heavy atom. The van der Waals surface area contributed by atoms with Crippen molar-refractivity contribution in [2.75, 3.05) is 13.2 Å². The summed E-state index contributed by atoms with van der Waals surface area (Å²) in [5.41, 5.74) is 0. The van der Waals surface area contributed by atoms with Gasteiger partial charge < -0.3 is 14.2 Å². The average Bonchev–Trinajstić information content (AvgIpc) is 3.22. The lowest BCUT2D eigenvalue weighted by Crippen LogP contribution is -2.30. The molecule has 0 bridgehead atoms. The number of hydrogen-bond acceptors (Lipinski definition) is 6. The van der Waals surface area contributed by atoms with Crippen LogP contribution in [0, 0.1) is 0 Å². The van der Waals surface area contributed by atoms with Crippen LogP contribution in [0.25, 0.3) is 0 Å². The van der Waals surface area contributed by atoms with E-state index in [0.717, 1.165) is 109 Å². The Morgan fingerprint density at radius 2 is 0.707 bits per heavy atom. The molecule has 1 unspecified atom stereocenters. The first-order chi connectivity index (χ1) is 28.5. The minimum Gasteiger partial charge on any atom is -0.462 e. The zero-order valence-corrected chi connectivity index (χ0v) is 37.8. The molecule has 0 saturated heterocycles. The van der Waals surface area contributed by atoms with Crippen molar-refractivity contribution in [3.05, 3.63) is 72.9 Å². The quantitative estimate of drug-likeness (QED) is 0.0264. The first-order valence-electron chi connectivity index (χ1n) is 23.9. The second kappa shape index (κ2) is 46.5. The Labute approximate surface area is 357 Å². The number of carbonyl (C=O) groups is 3. The number of rotatable bonds is 42. The van der Waals surface area contributed by atoms with Gasteiger partial charge in [-0.1, -0.05) is 190 Å². The third-order valence-corrected chi connectivity index (χ3v) is 9.93. The molecule has 0 aromatic heterocycles. The van der Waals surface area contributed by atoms with E-state index in [-0.39, 0.29) is 31.1 Å². The summed E-state index contributed by atoms with van der Waals surface area (Å²) < 4.78 is 16.7. The molecule has 0 aliphatic rings. The lowest BCUT2D eigenvalue weighted by molar-refractivity contribution is -0.167. The Hall–Kier alpha value is -3.15. The largest absolute Gasteiger partial charge is 0.462 e. The highest BCUT2D eigenvalue weighted by molar-refractivity contribution is 5.71. The van der Waals surface area contributed by atoms with Gasteiger partial charge >= 0.3 is 17.9 Å². The molecule has 0 fully saturated rings. The van der Waals surface area contributed by atoms with Crippen LogP contribution in [-0.4, -0.2) is 37.2 Å². The molecular formula is C52H88O6. The molecule has 0 saturated carbocycles. The van der Waals surface area contributed by atoms with E-state index in [2.05, 4.69) is 93.7 Å². The minimum atomic E-state index is -0.788. The van der Waals surface area contributed by atoms with Crippen LogP contribution >= 0.6 is 0 Å². The highest BCUT2D eigenvalue weighted by Gasteiger charge is 2.19. The maximum absolute atomic E-state index is 12.7. The van der Waals surface area contributed by atoms with Crippen molar-refractivity contribution in [3.8, 4) is 0 Å². The zero-order valence-electron chi connectivity index (χ0n) is 37.8. The Kier molecular flexibility index (Phi) is 44.0. The molecule has 332 valence electrons. The SMILES string of the molecule is CC/C=C\C/C=C\C/C=C\C/C=C\C/C=C\CCCCCC(=O)OCC(COC(=O)CCCCCCC/C=C\CCC)OC(=O)CCCCCCCCCCCCC. The van der Waals surface area contributed by atoms with Crippen LogP contribution in [0.15, 0.2) is 72.9 Å². The molecule has 0 heterocycles. The lowest BCUT2D eigenvalue weighted by atomic mass is 10.1. The fourth-order valence-electron chi connectivity index (χ4n) is 6.35. The van der Waals surface area contributed by atoms with E-state index in [1.54, 1.807) is 0 Å². The van der Waals surface area contributed by atoms with Gasteiger partial charge in [0.2, 0.25) is 0 Å². The number of unbranched alkanes of at least 4 members (excludes halogenated alkanes) is 19. The number of hydrogen-bond donors (Lipinski definition) is 0. The third-order valence-electron chi connectivity index (χ3n) is 9.93. The normalized spacial score (nSPS) is 12.7. The van der Waals surface area contributed by atoms with Crippen molar-refractivity contribution in [2.45, 2.75) is 226 Å². The van der Waals surface area contributed by atoms with Crippen molar-refractivity contribution in [2.24, 2.45) is 0 Å². The monoisotopic (exact) mass is 809 g/mol. The highest BCUT2D eigenvalue weighted by Crippen LogP contribution is 2.14. The first kappa shape index (κ1) is 54.9. The fraction of sp³-hybridized carbons (Fsp3) is 0.712. The summed E-state index contributed by atoms with van der Waals surface area (Å²) in [7, 11) is 0. The van der Waals surface area contributed by atoms with Gasteiger partial charge in [0.1, 0.15) is 13.2 Å². The molecule has 0 aliphatic carbocycles. The van der Waals surface area contributed by atoms with E-state index in [9.17, 15) is 14.4 Å². The molecule has 1 atom stereocenters. The van der Waals surface area contributed by atoms with Gasteiger partial charge in [-0.25, -0.2) is 0 Å². The predicted molar refractivity (Wildman–Crippen MR) is 247 cm³/mol. The molecule has 0 spiro atoms. The first-order valence-corrected chi connectivity index (χ1v) is 23.9. The van der Waals surface area contributed by atoms with Gasteiger partial charge in [0, 0.05) is 19.3 Å². The second-order valence-corrected chi connectivity index (χ2v) is 15.6. The van der Waals surface area contributed by atoms with Gasteiger partial charge in [-0.15, -0.1) is 0 Å². The molecule has 0 radical (unpaired) electrons. The molecule has 0 aromatic rings. The fourth-order valence-corrected chi connectivity index (χ4v) is 6.35. The molecule has 0 amide bonds. The number of ether oxygens (including phenoxy) is 3. The van der Waals surface area contributed by atoms with E-state index >= 15 is 0 Å². The van der Waals surface area contributed by atoms with Gasteiger partial charge in [-0.3, -0.25) is 14.4 Å². The van der Waals surface area contributed by atoms with Gasteiger partial charge in [-0.05, 0) is 83.5 Å². The lowest BCUT2D eigenvalue weighted by Gasteiger charge is -2.18. The van der Waals surface area contributed by atoms with E-state index in [1.807, 2.05) is 0 Å². The zero-order chi connectivity index (χ0) is 42.3. The van der Waals surface area contributed by atoms with Crippen LogP contribution in [0.4, 0.5) is 0 Å². The molecule has 6 heteroatoms. The molecule has 0 aromatic carbocycles. The van der Waals surface area contributed by atoms with Crippen LogP contribution in [-0.2, 0) is 28.6 Å². The van der Waals surface area contributed by atoms with Crippen molar-refractivity contribution in [3.63, 3.8) is 0 Å². The average molecular weight is 809 g/mol. The van der Waals surface area contributed by atoms with Crippen molar-refractivity contribution in [1.29, 1.82) is 0 Å². The van der Waals surface area contributed by atoms with Gasteiger partial charge in [0.25, 0.3) is 0 Å². The molecule has 0 rings (SSSR count). The molecule has 6 nitrogen and oxygen atoms in total. The molecular weight excluding hydrogens is 721 g/mol. The summed E-state index contributed by atoms with van der Waals surface area (Å²) in [5.74, 6) is -0.936. The molecule has 58 heavy (non-hydrogen) atoms. The maximum atomic E-state index is 12.7. The smallest absolute Gasteiger partial charge is 0.306 e. The van der Waals surface area contributed by atoms with Crippen LogP contribution in [0.1, 0.15) is 220 Å². The summed E-state index contributed by atoms with van der Waals surface area (Å²) in [6.07, 6.45) is 57.4. The van der Waals surface area contributed by atoms with Crippen LogP contribution in [0.3, 0.4) is 0 Å². The third kappa shape index (κ3) is 44.0. The van der Waals surface area contributed by atoms with Crippen molar-refractivity contribution < 1.29 is 28.6 Å². The maximum Gasteiger partial charge on any atom is 0.306 e. The van der Waals surface area contributed by atoms with E-state index in [1.165, 1.54) is 70.6 Å². The van der Waals surface area contributed by atoms with Gasteiger partial charge in [0.15, 0.2) is 6.10 Å². The standard InChI is InChI=1S/C52H88O6/c1-4-7-10-13-16-19-22-23-24-25-26-27-28-29-31-33-36-39-42-45-51(54)57-48-49(47-56-50(53)44-41-38-35-32-21-18-15-12-9-6-3)58-52(55)46-43-40-37-34-30-20-17-14-11-8-5-2/h7,10,12,15-16,19,23-24,26-27,29,31,49H,4-6,8-9,11,13-14,17-18,20-22,25,28,30,32-48H2,1-3H3/b10-7-,15-12-,19-16-,24-23-,27-26-,31-29-. The molecule has 0 aliphatic heterocycles. The van der Waals surface area contributed by atoms with Crippen LogP contribution in [0.2, 0.25) is 0 Å². The van der Waals surface area contributed by atoms with Gasteiger partial charge in [0.05, 0.1) is 0 Å². The Balaban J connectivity index is 4.40. The van der Waals surface area contributed by atoms with Crippen molar-refractivity contribution in [1.82, 2.24) is 0 Å². The highest BCUT2D eigenvalue weighted by atomic mass is 16.6. The number of carbonyl (C=O) groups excluding carboxylic acids is 3. The summed E-state index contributed by atoms with van der Waals surface area (Å²) in [4.78, 5) is 37.8. The number of esters is 3. The Morgan fingerprint density at radius 1 is 0.362 bits per heavy atom. The van der Waals surface area contributed by atoms with Crippen LogP contribution < -0.4 is 0 Å². The minimum absolute atomic E-state index is 0.0898. The van der Waals surface area contributed by atoms with Gasteiger partial charge in [-0.2, -0.15) is 0 Å². The van der Waals surface area contributed by atoms with Crippen LogP contribution in [0.5, 0.6) is 0 Å². The number of allylic oxidation sites excluding steroid dienone is 12. The second-order valence-electron chi connectivity index (χ2n) is 15.6. The van der Waals surface area contributed by atoms with Crippen molar-refractivity contribution >= 4 is 17.9 Å². The summed E-state index contributed by atoms with van der Waals surface area (Å²) in [5, 5.41) is 0. The van der Waals surface area contributed by atoms with E-state index < -0.39 is 6.10 Å².